The summed E-state index contributed by atoms with van der Waals surface area (Å²) in [6.45, 7) is 0. The van der Waals surface area contributed by atoms with Gasteiger partial charge in [0.25, 0.3) is 0 Å². The Kier molecular flexibility index (Phi) is 3070. The van der Waals surface area contributed by atoms with Crippen molar-refractivity contribution in [2.75, 3.05) is 0 Å². The Balaban J connectivity index is -0.000000000179. The van der Waals surface area contributed by atoms with Gasteiger partial charge in [0.15, 0.2) is 0 Å². The van der Waals surface area contributed by atoms with Gasteiger partial charge in [-0.05, 0) is 0 Å². The van der Waals surface area contributed by atoms with Crippen LogP contribution in [0.4, 0.5) is 28.2 Å². The molecule has 0 fully saturated rings. The first-order chi connectivity index (χ1) is 1.00. The van der Waals surface area contributed by atoms with Crippen molar-refractivity contribution >= 4 is 0 Å². The van der Waals surface area contributed by atoms with E-state index >= 15 is 0 Å². The van der Waals surface area contributed by atoms with Crippen LogP contribution in [0.2, 0.25) is 0 Å². The van der Waals surface area contributed by atoms with Gasteiger partial charge in [0.1, 0.15) is 0 Å². The minimum atomic E-state index is 0. The fourth-order valence-electron chi connectivity index (χ4n) is 0. The Hall–Kier alpha value is 1.90. The molecule has 0 saturated heterocycles. The molecular weight excluding hydrogens is 260 g/mol. The van der Waals surface area contributed by atoms with Crippen molar-refractivity contribution in [2.45, 2.75) is 0 Å². The Morgan fingerprint density at radius 1 is 0.667 bits per heavy atom. The predicted molar refractivity (Wildman–Crippen MR) is 16.8 cm³/mol. The molecule has 0 unspecified atom stereocenters. The monoisotopic (exact) mass is 266 g/mol. The molecule has 60 valence electrons. The maximum atomic E-state index is 8.34. The quantitative estimate of drug-likeness (QED) is 0.363. The molecule has 0 saturated carbocycles. The Morgan fingerprint density at radius 3 is 0.667 bits per heavy atom. The molecule has 0 amide bonds. The van der Waals surface area contributed by atoms with Crippen LogP contribution in [-0.2, 0) is 27.5 Å². The van der Waals surface area contributed by atoms with Gasteiger partial charge in [0.05, 0.1) is 0 Å². The van der Waals surface area contributed by atoms with Crippen LogP contribution in [0.15, 0.2) is 0 Å². The molecule has 1 nitrogen and oxygen atoms in total. The van der Waals surface area contributed by atoms with Crippen molar-refractivity contribution < 1.29 is 109 Å². The fourth-order valence-corrected chi connectivity index (χ4v) is 0. The predicted octanol–water partition coefficient (Wildman–Crippen LogP) is -2.09. The average Bonchev–Trinajstić information content (AvgIpc) is 1.00. The molecule has 0 N–H and O–H groups in total. The van der Waals surface area contributed by atoms with Crippen LogP contribution in [0.1, 0.15) is 1.43 Å². The first kappa shape index (κ1) is 127. The molecule has 0 aliphatic carbocycles. The number of hydrogen-bond acceptors (Lipinski definition) is 1. The van der Waals surface area contributed by atoms with E-state index in [4.69, 9.17) is 2.81 Å². The molecule has 0 aliphatic rings. The third-order valence-electron chi connectivity index (χ3n) is 0. The van der Waals surface area contributed by atoms with Crippen molar-refractivity contribution in [3.05, 3.63) is 0 Å². The van der Waals surface area contributed by atoms with E-state index in [0.717, 1.165) is 0 Å². The molecule has 0 spiro atoms. The van der Waals surface area contributed by atoms with Crippen molar-refractivity contribution in [3.8, 4) is 0 Å². The molecule has 0 atom stereocenters. The van der Waals surface area contributed by atoms with Crippen LogP contribution in [0.3, 0.4) is 0 Å². The molecule has 0 heterocycles. The van der Waals surface area contributed by atoms with Crippen molar-refractivity contribution in [1.29, 1.82) is 0 Å². The second-order valence-electron chi connectivity index (χ2n) is 0. The topological polar surface area (TPSA) is 17.1 Å². The van der Waals surface area contributed by atoms with Crippen molar-refractivity contribution in [3.63, 3.8) is 0 Å². The van der Waals surface area contributed by atoms with E-state index < -0.39 is 0 Å². The van der Waals surface area contributed by atoms with Crippen LogP contribution in [0.25, 0.3) is 0 Å². The SMILES string of the molecule is F.F.F.F.F.F.[H-].[K+].[O]=[Zr]. The van der Waals surface area contributed by atoms with E-state index in [9.17, 15) is 0 Å². The number of hydrogen-bond donors (Lipinski definition) is 0. The summed E-state index contributed by atoms with van der Waals surface area (Å²) in [7, 11) is 0. The van der Waals surface area contributed by atoms with Gasteiger partial charge in [-0.2, -0.15) is 0 Å². The van der Waals surface area contributed by atoms with Gasteiger partial charge in [0.2, 0.25) is 0 Å². The molecule has 0 bridgehead atoms. The zero-order chi connectivity index (χ0) is 2.00. The van der Waals surface area contributed by atoms with Gasteiger partial charge >= 0.3 is 78.9 Å². The molecule has 0 aliphatic heterocycles. The molecule has 9 heavy (non-hydrogen) atoms. The van der Waals surface area contributed by atoms with E-state index in [1.54, 1.807) is 0 Å². The van der Waals surface area contributed by atoms with Gasteiger partial charge in [0, 0.05) is 0 Å². The molecule has 0 aromatic rings. The van der Waals surface area contributed by atoms with Crippen LogP contribution >= 0.6 is 0 Å². The molecule has 0 aromatic carbocycles. The van der Waals surface area contributed by atoms with Gasteiger partial charge in [-0.1, -0.05) is 0 Å². The van der Waals surface area contributed by atoms with Crippen LogP contribution < -0.4 is 51.4 Å². The molecular formula is H7F6KOZr. The second-order valence-corrected chi connectivity index (χ2v) is 0. The standard InChI is InChI=1S/6FH.K.O.Zr.H/h6*1H;;;;/q;;;;;;+1;;;-1. The zero-order valence-electron chi connectivity index (χ0n) is 5.36. The number of halogens is 6. The first-order valence-corrected chi connectivity index (χ1v) is 1.21. The van der Waals surface area contributed by atoms with Gasteiger partial charge < -0.3 is 1.43 Å². The van der Waals surface area contributed by atoms with E-state index in [1.165, 1.54) is 0 Å². The summed E-state index contributed by atoms with van der Waals surface area (Å²) in [4.78, 5) is 0. The normalized spacial score (nSPS) is 0.333. The molecule has 0 radical (unpaired) electrons. The van der Waals surface area contributed by atoms with E-state index in [-0.39, 0.29) is 81.0 Å². The summed E-state index contributed by atoms with van der Waals surface area (Å²) in [6, 6.07) is 0. The Morgan fingerprint density at radius 2 is 0.667 bits per heavy atom. The third-order valence-corrected chi connectivity index (χ3v) is 0. The third kappa shape index (κ3) is 171. The summed E-state index contributed by atoms with van der Waals surface area (Å²) >= 11 is 0.300. The molecule has 0 rings (SSSR count). The molecule has 0 aromatic heterocycles. The fraction of sp³-hybridized carbons (Fsp3) is 0. The van der Waals surface area contributed by atoms with Crippen LogP contribution in [-0.4, -0.2) is 0 Å². The van der Waals surface area contributed by atoms with Gasteiger partial charge in [-0.25, -0.2) is 0 Å². The Labute approximate surface area is 107 Å². The minimum absolute atomic E-state index is 0. The number of rotatable bonds is 0. The second kappa shape index (κ2) is 217. The van der Waals surface area contributed by atoms with Gasteiger partial charge in [-0.3, -0.25) is 28.2 Å². The van der Waals surface area contributed by atoms with Crippen molar-refractivity contribution in [1.82, 2.24) is 0 Å². The maximum absolute atomic E-state index is 8.34. The van der Waals surface area contributed by atoms with E-state index in [2.05, 4.69) is 0 Å². The summed E-state index contributed by atoms with van der Waals surface area (Å²) in [5.41, 5.74) is 0. The summed E-state index contributed by atoms with van der Waals surface area (Å²) in [5.74, 6) is 0. The first-order valence-electron chi connectivity index (χ1n) is 0.204. The Bertz CT molecular complexity index is 17.7. The van der Waals surface area contributed by atoms with Crippen LogP contribution in [0.5, 0.6) is 0 Å². The zero-order valence-corrected chi connectivity index (χ0v) is 9.94. The van der Waals surface area contributed by atoms with Crippen molar-refractivity contribution in [2.24, 2.45) is 0 Å². The van der Waals surface area contributed by atoms with E-state index in [1.807, 2.05) is 0 Å². The molecule has 9 heteroatoms. The summed E-state index contributed by atoms with van der Waals surface area (Å²) in [5, 5.41) is 0. The van der Waals surface area contributed by atoms with E-state index in [0.29, 0.717) is 24.7 Å². The summed E-state index contributed by atoms with van der Waals surface area (Å²) < 4.78 is 8.34. The summed E-state index contributed by atoms with van der Waals surface area (Å²) in [6.07, 6.45) is 0. The van der Waals surface area contributed by atoms with Crippen LogP contribution in [0, 0.1) is 0 Å². The average molecular weight is 267 g/mol. The van der Waals surface area contributed by atoms with Gasteiger partial charge in [-0.15, -0.1) is 0 Å².